The van der Waals surface area contributed by atoms with Crippen molar-refractivity contribution in [3.8, 4) is 5.69 Å². The summed E-state index contributed by atoms with van der Waals surface area (Å²) in [5.41, 5.74) is 1.67. The smallest absolute Gasteiger partial charge is 0.251 e. The average Bonchev–Trinajstić information content (AvgIpc) is 3.36. The molecule has 1 saturated carbocycles. The number of aromatic nitrogens is 2. The molecule has 1 aliphatic carbocycles. The first-order chi connectivity index (χ1) is 15.7. The summed E-state index contributed by atoms with van der Waals surface area (Å²) in [7, 11) is 0. The third-order valence-electron chi connectivity index (χ3n) is 6.81. The number of carbonyl (C=O) groups excluding carboxylic acids is 1. The molecule has 0 radical (unpaired) electrons. The second kappa shape index (κ2) is 11.4. The van der Waals surface area contributed by atoms with Gasteiger partial charge in [0.2, 0.25) is 0 Å². The zero-order valence-corrected chi connectivity index (χ0v) is 19.0. The molecule has 1 aliphatic heterocycles. The molecule has 1 aromatic carbocycles. The first-order valence-corrected chi connectivity index (χ1v) is 12.0. The number of nitrogens with one attached hydrogen (secondary N) is 1. The molecule has 2 aromatic rings. The molecule has 2 aliphatic rings. The van der Waals surface area contributed by atoms with Crippen molar-refractivity contribution >= 4 is 5.91 Å². The van der Waals surface area contributed by atoms with Crippen LogP contribution in [-0.4, -0.2) is 59.5 Å². The number of likely N-dealkylation sites (tertiary alicyclic amines) is 1. The van der Waals surface area contributed by atoms with E-state index >= 15 is 0 Å². The predicted molar refractivity (Wildman–Crippen MR) is 127 cm³/mol. The van der Waals surface area contributed by atoms with Crippen molar-refractivity contribution in [3.63, 3.8) is 0 Å². The van der Waals surface area contributed by atoms with Gasteiger partial charge in [0.15, 0.2) is 0 Å². The highest BCUT2D eigenvalue weighted by atomic mass is 16.5. The fourth-order valence-electron chi connectivity index (χ4n) is 5.16. The number of rotatable bonds is 9. The number of hydrogen-bond acceptors (Lipinski definition) is 4. The number of ether oxygens (including phenoxy) is 1. The van der Waals surface area contributed by atoms with Crippen LogP contribution in [0.3, 0.4) is 0 Å². The average molecular weight is 437 g/mol. The maximum Gasteiger partial charge on any atom is 0.251 e. The molecule has 6 heteroatoms. The predicted octanol–water partition coefficient (Wildman–Crippen LogP) is 4.08. The SMILES string of the molecule is C=CCOCC1CCCN(C[C@@H]2CCCC[C@H]2NC(=O)c2ccc(-n3cccn3)cc2)C1. The highest BCUT2D eigenvalue weighted by Gasteiger charge is 2.30. The molecule has 2 fully saturated rings. The lowest BCUT2D eigenvalue weighted by molar-refractivity contribution is 0.0599. The Bertz CT molecular complexity index is 849. The van der Waals surface area contributed by atoms with Gasteiger partial charge >= 0.3 is 0 Å². The molecular formula is C26H36N4O2. The topological polar surface area (TPSA) is 59.4 Å². The van der Waals surface area contributed by atoms with Crippen LogP contribution in [0.5, 0.6) is 0 Å². The van der Waals surface area contributed by atoms with Crippen LogP contribution in [0.2, 0.25) is 0 Å². The second-order valence-corrected chi connectivity index (χ2v) is 9.22. The second-order valence-electron chi connectivity index (χ2n) is 9.22. The van der Waals surface area contributed by atoms with Gasteiger partial charge < -0.3 is 15.0 Å². The van der Waals surface area contributed by atoms with Gasteiger partial charge in [0, 0.05) is 37.1 Å². The lowest BCUT2D eigenvalue weighted by Gasteiger charge is -2.39. The van der Waals surface area contributed by atoms with Gasteiger partial charge in [-0.1, -0.05) is 18.9 Å². The highest BCUT2D eigenvalue weighted by molar-refractivity contribution is 5.94. The van der Waals surface area contributed by atoms with Crippen LogP contribution in [-0.2, 0) is 4.74 Å². The first-order valence-electron chi connectivity index (χ1n) is 12.0. The van der Waals surface area contributed by atoms with Crippen LogP contribution in [0, 0.1) is 11.8 Å². The standard InChI is InChI=1S/C26H36N4O2/c1-2-17-32-20-21-7-5-15-29(18-21)19-23-8-3-4-9-25(23)28-26(31)22-10-12-24(13-11-22)30-16-6-14-27-30/h2,6,10-14,16,21,23,25H,1,3-5,7-9,15,17-20H2,(H,28,31)/t21?,23-,25+/m0/s1. The minimum atomic E-state index is 0.0308. The molecule has 0 bridgehead atoms. The van der Waals surface area contributed by atoms with Crippen molar-refractivity contribution in [2.75, 3.05) is 32.8 Å². The van der Waals surface area contributed by atoms with Gasteiger partial charge in [0.1, 0.15) is 0 Å². The van der Waals surface area contributed by atoms with E-state index in [1.165, 1.54) is 32.1 Å². The Morgan fingerprint density at radius 3 is 2.81 bits per heavy atom. The largest absolute Gasteiger partial charge is 0.377 e. The zero-order chi connectivity index (χ0) is 22.2. The van der Waals surface area contributed by atoms with Crippen molar-refractivity contribution in [2.24, 2.45) is 11.8 Å². The number of amides is 1. The van der Waals surface area contributed by atoms with Crippen LogP contribution in [0.25, 0.3) is 5.69 Å². The number of carbonyl (C=O) groups is 1. The molecule has 32 heavy (non-hydrogen) atoms. The molecule has 1 N–H and O–H groups in total. The summed E-state index contributed by atoms with van der Waals surface area (Å²) in [6.07, 6.45) is 12.7. The van der Waals surface area contributed by atoms with Crippen LogP contribution >= 0.6 is 0 Å². The van der Waals surface area contributed by atoms with Crippen molar-refractivity contribution in [2.45, 2.75) is 44.6 Å². The molecule has 1 amide bonds. The van der Waals surface area contributed by atoms with Gasteiger partial charge in [-0.05, 0) is 74.4 Å². The molecule has 1 aromatic heterocycles. The van der Waals surface area contributed by atoms with Gasteiger partial charge in [0.25, 0.3) is 5.91 Å². The van der Waals surface area contributed by atoms with Crippen molar-refractivity contribution in [1.82, 2.24) is 20.0 Å². The third kappa shape index (κ3) is 6.08. The number of nitrogens with zero attached hydrogens (tertiary/aromatic N) is 3. The van der Waals surface area contributed by atoms with E-state index in [0.717, 1.165) is 38.3 Å². The summed E-state index contributed by atoms with van der Waals surface area (Å²) in [5.74, 6) is 1.15. The summed E-state index contributed by atoms with van der Waals surface area (Å²) < 4.78 is 7.51. The van der Waals surface area contributed by atoms with Gasteiger partial charge in [-0.15, -0.1) is 6.58 Å². The fourth-order valence-corrected chi connectivity index (χ4v) is 5.16. The van der Waals surface area contributed by atoms with Gasteiger partial charge in [0.05, 0.1) is 18.9 Å². The molecule has 1 unspecified atom stereocenters. The molecule has 1 saturated heterocycles. The Morgan fingerprint density at radius 2 is 2.03 bits per heavy atom. The van der Waals surface area contributed by atoms with E-state index < -0.39 is 0 Å². The zero-order valence-electron chi connectivity index (χ0n) is 19.0. The first kappa shape index (κ1) is 22.7. The molecule has 3 atom stereocenters. The monoisotopic (exact) mass is 436 g/mol. The Kier molecular flexibility index (Phi) is 8.13. The van der Waals surface area contributed by atoms with Crippen LogP contribution in [0.1, 0.15) is 48.9 Å². The highest BCUT2D eigenvalue weighted by Crippen LogP contribution is 2.28. The summed E-state index contributed by atoms with van der Waals surface area (Å²) in [4.78, 5) is 15.6. The van der Waals surface area contributed by atoms with Crippen molar-refractivity contribution in [1.29, 1.82) is 0 Å². The van der Waals surface area contributed by atoms with Crippen LogP contribution in [0.15, 0.2) is 55.4 Å². The molecule has 172 valence electrons. The molecule has 2 heterocycles. The van der Waals surface area contributed by atoms with Gasteiger partial charge in [-0.25, -0.2) is 4.68 Å². The molecule has 4 rings (SSSR count). The summed E-state index contributed by atoms with van der Waals surface area (Å²) in [6.45, 7) is 8.52. The maximum atomic E-state index is 13.0. The maximum absolute atomic E-state index is 13.0. The summed E-state index contributed by atoms with van der Waals surface area (Å²) >= 11 is 0. The third-order valence-corrected chi connectivity index (χ3v) is 6.81. The Labute approximate surface area is 191 Å². The number of piperidine rings is 1. The van der Waals surface area contributed by atoms with E-state index in [2.05, 4.69) is 21.9 Å². The lowest BCUT2D eigenvalue weighted by Crippen LogP contribution is -2.48. The van der Waals surface area contributed by atoms with E-state index in [1.54, 1.807) is 10.9 Å². The van der Waals surface area contributed by atoms with Gasteiger partial charge in [-0.3, -0.25) is 4.79 Å². The van der Waals surface area contributed by atoms with E-state index in [1.807, 2.05) is 42.6 Å². The van der Waals surface area contributed by atoms with Crippen molar-refractivity contribution < 1.29 is 9.53 Å². The van der Waals surface area contributed by atoms with Crippen LogP contribution < -0.4 is 5.32 Å². The van der Waals surface area contributed by atoms with Crippen LogP contribution in [0.4, 0.5) is 0 Å². The Morgan fingerprint density at radius 1 is 1.19 bits per heavy atom. The molecule has 0 spiro atoms. The number of hydrogen-bond donors (Lipinski definition) is 1. The van der Waals surface area contributed by atoms with E-state index in [4.69, 9.17) is 4.74 Å². The molecular weight excluding hydrogens is 400 g/mol. The summed E-state index contributed by atoms with van der Waals surface area (Å²) in [5, 5.41) is 7.60. The Hall–Kier alpha value is -2.44. The molecule has 6 nitrogen and oxygen atoms in total. The van der Waals surface area contributed by atoms with E-state index in [-0.39, 0.29) is 11.9 Å². The normalized spacial score (nSPS) is 24.2. The Balaban J connectivity index is 1.32. The summed E-state index contributed by atoms with van der Waals surface area (Å²) in [6, 6.07) is 9.82. The van der Waals surface area contributed by atoms with E-state index in [0.29, 0.717) is 24.0 Å². The minimum Gasteiger partial charge on any atom is -0.377 e. The van der Waals surface area contributed by atoms with E-state index in [9.17, 15) is 4.79 Å². The quantitative estimate of drug-likeness (QED) is 0.475. The fraction of sp³-hybridized carbons (Fsp3) is 0.538. The lowest BCUT2D eigenvalue weighted by atomic mass is 9.83. The number of benzene rings is 1. The van der Waals surface area contributed by atoms with Crippen molar-refractivity contribution in [3.05, 3.63) is 60.9 Å². The van der Waals surface area contributed by atoms with Gasteiger partial charge in [-0.2, -0.15) is 5.10 Å². The minimum absolute atomic E-state index is 0.0308.